The normalized spacial score (nSPS) is 14.5. The maximum atomic E-state index is 12.0. The van der Waals surface area contributed by atoms with Crippen molar-refractivity contribution >= 4 is 17.9 Å². The first-order valence-corrected chi connectivity index (χ1v) is 10.1. The number of carbonyl (C=O) groups excluding carboxylic acids is 1. The van der Waals surface area contributed by atoms with Gasteiger partial charge in [-0.2, -0.15) is 0 Å². The maximum Gasteiger partial charge on any atom is 0.253 e. The van der Waals surface area contributed by atoms with E-state index in [2.05, 4.69) is 45.6 Å². The van der Waals surface area contributed by atoms with Gasteiger partial charge in [0, 0.05) is 46.3 Å². The zero-order valence-electron chi connectivity index (χ0n) is 17.6. The molecule has 5 nitrogen and oxygen atoms in total. The van der Waals surface area contributed by atoms with E-state index in [1.165, 1.54) is 11.1 Å². The molecule has 2 aromatic carbocycles. The fraction of sp³-hybridized carbons (Fsp3) is 0.333. The number of hydrogen-bond acceptors (Lipinski definition) is 2. The molecule has 3 rings (SSSR count). The average Bonchev–Trinajstić information content (AvgIpc) is 2.76. The van der Waals surface area contributed by atoms with Gasteiger partial charge in [-0.1, -0.05) is 54.1 Å². The Morgan fingerprint density at radius 3 is 2.31 bits per heavy atom. The van der Waals surface area contributed by atoms with Crippen LogP contribution in [0.5, 0.6) is 0 Å². The van der Waals surface area contributed by atoms with Gasteiger partial charge in [-0.25, -0.2) is 0 Å². The molecule has 1 heterocycles. The van der Waals surface area contributed by atoms with E-state index in [1.807, 2.05) is 37.4 Å². The number of likely N-dealkylation sites (tertiary alicyclic amines) is 1. The van der Waals surface area contributed by atoms with Crippen LogP contribution in [0.15, 0.2) is 65.2 Å². The zero-order valence-corrected chi connectivity index (χ0v) is 17.6. The van der Waals surface area contributed by atoms with Crippen LogP contribution in [0.25, 0.3) is 6.08 Å². The van der Waals surface area contributed by atoms with Crippen LogP contribution < -0.4 is 5.32 Å². The van der Waals surface area contributed by atoms with Crippen molar-refractivity contribution in [1.29, 1.82) is 0 Å². The van der Waals surface area contributed by atoms with Gasteiger partial charge < -0.3 is 15.1 Å². The Labute approximate surface area is 173 Å². The quantitative estimate of drug-likeness (QED) is 0.640. The molecule has 0 radical (unpaired) electrons. The summed E-state index contributed by atoms with van der Waals surface area (Å²) in [6.07, 6.45) is 4.41. The van der Waals surface area contributed by atoms with E-state index in [0.717, 1.165) is 37.5 Å². The van der Waals surface area contributed by atoms with Gasteiger partial charge in [-0.05, 0) is 36.1 Å². The van der Waals surface area contributed by atoms with Crippen molar-refractivity contribution in [1.82, 2.24) is 15.1 Å². The average molecular weight is 391 g/mol. The number of carbonyl (C=O) groups is 1. The third kappa shape index (κ3) is 5.70. The van der Waals surface area contributed by atoms with Gasteiger partial charge in [0.15, 0.2) is 5.96 Å². The molecular formula is C24H30N4O. The lowest BCUT2D eigenvalue weighted by Crippen LogP contribution is -2.44. The Morgan fingerprint density at radius 2 is 1.72 bits per heavy atom. The van der Waals surface area contributed by atoms with Crippen LogP contribution in [0, 0.1) is 0 Å². The lowest BCUT2D eigenvalue weighted by molar-refractivity contribution is 0.0827. The fourth-order valence-electron chi connectivity index (χ4n) is 3.47. The molecule has 0 spiro atoms. The highest BCUT2D eigenvalue weighted by Crippen LogP contribution is 2.19. The topological polar surface area (TPSA) is 47.9 Å². The van der Waals surface area contributed by atoms with Gasteiger partial charge in [0.1, 0.15) is 0 Å². The highest BCUT2D eigenvalue weighted by molar-refractivity contribution is 5.93. The Hall–Kier alpha value is -3.08. The predicted molar refractivity (Wildman–Crippen MR) is 120 cm³/mol. The van der Waals surface area contributed by atoms with Crippen molar-refractivity contribution in [2.75, 3.05) is 34.2 Å². The van der Waals surface area contributed by atoms with Crippen LogP contribution in [0.1, 0.15) is 34.3 Å². The second-order valence-corrected chi connectivity index (χ2v) is 7.50. The number of nitrogens with one attached hydrogen (secondary N) is 1. The summed E-state index contributed by atoms with van der Waals surface area (Å²) in [6, 6.07) is 18.3. The molecule has 0 aliphatic carbocycles. The highest BCUT2D eigenvalue weighted by Gasteiger charge is 2.17. The summed E-state index contributed by atoms with van der Waals surface area (Å²) in [6.45, 7) is 2.62. The predicted octanol–water partition coefficient (Wildman–Crippen LogP) is 3.64. The molecule has 0 aromatic heterocycles. The van der Waals surface area contributed by atoms with Crippen LogP contribution in [0.2, 0.25) is 0 Å². The largest absolute Gasteiger partial charge is 0.352 e. The molecule has 29 heavy (non-hydrogen) atoms. The molecule has 5 heteroatoms. The third-order valence-corrected chi connectivity index (χ3v) is 5.15. The molecule has 1 aliphatic heterocycles. The molecule has 1 N–H and O–H groups in total. The molecule has 0 unspecified atom stereocenters. The summed E-state index contributed by atoms with van der Waals surface area (Å²) in [4.78, 5) is 20.4. The monoisotopic (exact) mass is 390 g/mol. The lowest BCUT2D eigenvalue weighted by atomic mass is 10.0. The first-order valence-electron chi connectivity index (χ1n) is 10.1. The summed E-state index contributed by atoms with van der Waals surface area (Å²) in [5.41, 5.74) is 4.60. The highest BCUT2D eigenvalue weighted by atomic mass is 16.2. The summed E-state index contributed by atoms with van der Waals surface area (Å²) in [5.74, 6) is 0.949. The van der Waals surface area contributed by atoms with E-state index in [9.17, 15) is 4.79 Å². The van der Waals surface area contributed by atoms with Gasteiger partial charge in [-0.15, -0.1) is 0 Å². The first kappa shape index (κ1) is 20.6. The Balaban J connectivity index is 1.52. The summed E-state index contributed by atoms with van der Waals surface area (Å²) < 4.78 is 0. The van der Waals surface area contributed by atoms with Gasteiger partial charge in [0.2, 0.25) is 0 Å². The maximum absolute atomic E-state index is 12.0. The number of rotatable bonds is 4. The van der Waals surface area contributed by atoms with Gasteiger partial charge >= 0.3 is 0 Å². The molecule has 1 saturated heterocycles. The zero-order chi connectivity index (χ0) is 20.6. The third-order valence-electron chi connectivity index (χ3n) is 5.15. The van der Waals surface area contributed by atoms with Gasteiger partial charge in [-0.3, -0.25) is 9.79 Å². The lowest BCUT2D eigenvalue weighted by Gasteiger charge is -2.31. The molecule has 152 valence electrons. The number of amides is 1. The van der Waals surface area contributed by atoms with Gasteiger partial charge in [0.05, 0.1) is 0 Å². The van der Waals surface area contributed by atoms with E-state index in [0.29, 0.717) is 12.1 Å². The number of benzene rings is 2. The van der Waals surface area contributed by atoms with Crippen molar-refractivity contribution in [3.8, 4) is 0 Å². The molecule has 0 bridgehead atoms. The van der Waals surface area contributed by atoms with E-state index < -0.39 is 0 Å². The van der Waals surface area contributed by atoms with E-state index in [-0.39, 0.29) is 5.91 Å². The molecule has 1 amide bonds. The minimum Gasteiger partial charge on any atom is -0.352 e. The molecule has 0 atom stereocenters. The number of hydrogen-bond donors (Lipinski definition) is 1. The van der Waals surface area contributed by atoms with E-state index in [1.54, 1.807) is 19.0 Å². The molecule has 0 saturated carbocycles. The van der Waals surface area contributed by atoms with Crippen molar-refractivity contribution in [3.05, 3.63) is 76.9 Å². The van der Waals surface area contributed by atoms with Crippen molar-refractivity contribution in [2.45, 2.75) is 19.4 Å². The molecule has 1 fully saturated rings. The number of piperidine rings is 1. The van der Waals surface area contributed by atoms with E-state index >= 15 is 0 Å². The number of nitrogens with zero attached hydrogens (tertiary/aromatic N) is 3. The number of guanidine groups is 1. The van der Waals surface area contributed by atoms with Crippen LogP contribution >= 0.6 is 0 Å². The molecular weight excluding hydrogens is 360 g/mol. The van der Waals surface area contributed by atoms with Gasteiger partial charge in [0.25, 0.3) is 5.91 Å². The Bertz CT molecular complexity index is 860. The summed E-state index contributed by atoms with van der Waals surface area (Å²) in [7, 11) is 5.36. The summed E-state index contributed by atoms with van der Waals surface area (Å²) in [5, 5.41) is 3.45. The van der Waals surface area contributed by atoms with Crippen LogP contribution in [-0.2, 0) is 6.54 Å². The second-order valence-electron chi connectivity index (χ2n) is 7.50. The molecule has 1 aliphatic rings. The fourth-order valence-corrected chi connectivity index (χ4v) is 3.47. The standard InChI is InChI=1S/C24H30N4O/c1-25-24(26-18-21-9-11-22(12-10-21)23(29)27(2)3)28-15-13-20(14-16-28)17-19-7-5-4-6-8-19/h4-12,17H,13-16,18H2,1-3H3,(H,25,26). The van der Waals surface area contributed by atoms with Crippen molar-refractivity contribution < 1.29 is 4.79 Å². The van der Waals surface area contributed by atoms with Crippen molar-refractivity contribution in [2.24, 2.45) is 4.99 Å². The minimum atomic E-state index is 0.0213. The van der Waals surface area contributed by atoms with Crippen LogP contribution in [0.3, 0.4) is 0 Å². The van der Waals surface area contributed by atoms with Crippen LogP contribution in [-0.4, -0.2) is 55.9 Å². The second kappa shape index (κ2) is 9.92. The molecule has 2 aromatic rings. The minimum absolute atomic E-state index is 0.0213. The Kier molecular flexibility index (Phi) is 7.06. The SMILES string of the molecule is CN=C(NCc1ccc(C(=O)N(C)C)cc1)N1CCC(=Cc2ccccc2)CC1. The smallest absolute Gasteiger partial charge is 0.253 e. The number of aliphatic imine (C=N–C) groups is 1. The Morgan fingerprint density at radius 1 is 1.07 bits per heavy atom. The first-order chi connectivity index (χ1) is 14.1. The van der Waals surface area contributed by atoms with Crippen molar-refractivity contribution in [3.63, 3.8) is 0 Å². The van der Waals surface area contributed by atoms with E-state index in [4.69, 9.17) is 0 Å². The summed E-state index contributed by atoms with van der Waals surface area (Å²) >= 11 is 0. The van der Waals surface area contributed by atoms with Crippen LogP contribution in [0.4, 0.5) is 0 Å².